The molecule has 1 aromatic carbocycles. The molecular formula is C15H13N3S. The van der Waals surface area contributed by atoms with Crippen LogP contribution in [0, 0.1) is 0 Å². The van der Waals surface area contributed by atoms with Crippen LogP contribution >= 0.6 is 11.3 Å². The fourth-order valence-corrected chi connectivity index (χ4v) is 3.55. The third-order valence-electron chi connectivity index (χ3n) is 3.56. The third kappa shape index (κ3) is 1.93. The molecule has 3 heterocycles. The van der Waals surface area contributed by atoms with Gasteiger partial charge in [0.05, 0.1) is 6.04 Å². The lowest BCUT2D eigenvalue weighted by Crippen LogP contribution is -2.28. The van der Waals surface area contributed by atoms with Crippen molar-refractivity contribution in [1.82, 2.24) is 15.3 Å². The molecule has 0 fully saturated rings. The molecule has 0 amide bonds. The van der Waals surface area contributed by atoms with Gasteiger partial charge in [-0.25, -0.2) is 9.97 Å². The van der Waals surface area contributed by atoms with Gasteiger partial charge in [0.2, 0.25) is 0 Å². The fraction of sp³-hybridized carbons (Fsp3) is 0.200. The second kappa shape index (κ2) is 4.40. The lowest BCUT2D eigenvalue weighted by molar-refractivity contribution is 0.497. The van der Waals surface area contributed by atoms with E-state index in [0.717, 1.165) is 28.3 Å². The molecule has 3 nitrogen and oxygen atoms in total. The number of hydrogen-bond donors (Lipinski definition) is 1. The van der Waals surface area contributed by atoms with Gasteiger partial charge in [0.15, 0.2) is 0 Å². The minimum Gasteiger partial charge on any atom is -0.304 e. The van der Waals surface area contributed by atoms with Gasteiger partial charge in [-0.15, -0.1) is 0 Å². The van der Waals surface area contributed by atoms with Crippen molar-refractivity contribution in [3.05, 3.63) is 58.7 Å². The molecule has 0 saturated heterocycles. The van der Waals surface area contributed by atoms with Gasteiger partial charge < -0.3 is 5.32 Å². The topological polar surface area (TPSA) is 37.8 Å². The molecule has 19 heavy (non-hydrogen) atoms. The van der Waals surface area contributed by atoms with Crippen molar-refractivity contribution in [3.8, 4) is 0 Å². The first kappa shape index (κ1) is 11.1. The Hall–Kier alpha value is -1.78. The van der Waals surface area contributed by atoms with Gasteiger partial charge in [0.1, 0.15) is 15.4 Å². The minimum absolute atomic E-state index is 0.314. The zero-order chi connectivity index (χ0) is 12.7. The van der Waals surface area contributed by atoms with Crippen LogP contribution in [0.2, 0.25) is 0 Å². The molecular weight excluding hydrogens is 254 g/mol. The van der Waals surface area contributed by atoms with Crippen molar-refractivity contribution in [3.63, 3.8) is 0 Å². The van der Waals surface area contributed by atoms with Crippen LogP contribution < -0.4 is 5.32 Å². The Morgan fingerprint density at radius 3 is 2.89 bits per heavy atom. The first-order chi connectivity index (χ1) is 9.40. The van der Waals surface area contributed by atoms with E-state index in [9.17, 15) is 0 Å². The van der Waals surface area contributed by atoms with E-state index in [1.54, 1.807) is 11.3 Å². The highest BCUT2D eigenvalue weighted by Gasteiger charge is 2.22. The summed E-state index contributed by atoms with van der Waals surface area (Å²) in [6.45, 7) is 0.921. The maximum Gasteiger partial charge on any atom is 0.143 e. The number of aromatic nitrogens is 2. The van der Waals surface area contributed by atoms with Gasteiger partial charge in [-0.05, 0) is 29.7 Å². The molecule has 1 aliphatic heterocycles. The smallest absolute Gasteiger partial charge is 0.143 e. The molecule has 4 heteroatoms. The summed E-state index contributed by atoms with van der Waals surface area (Å²) < 4.78 is 0. The summed E-state index contributed by atoms with van der Waals surface area (Å²) in [4.78, 5) is 10.1. The largest absolute Gasteiger partial charge is 0.304 e. The van der Waals surface area contributed by atoms with Gasteiger partial charge >= 0.3 is 0 Å². The summed E-state index contributed by atoms with van der Waals surface area (Å²) in [7, 11) is 0. The SMILES string of the molecule is c1ccc2c(c1)CNC(c1nc3cccnc3s1)C2. The van der Waals surface area contributed by atoms with Gasteiger partial charge in [-0.2, -0.15) is 0 Å². The van der Waals surface area contributed by atoms with Crippen LogP contribution in [0.3, 0.4) is 0 Å². The predicted octanol–water partition coefficient (Wildman–Crippen LogP) is 3.08. The number of fused-ring (bicyclic) bond motifs is 2. The van der Waals surface area contributed by atoms with Crippen molar-refractivity contribution in [1.29, 1.82) is 0 Å². The van der Waals surface area contributed by atoms with E-state index in [4.69, 9.17) is 4.98 Å². The van der Waals surface area contributed by atoms with Gasteiger partial charge in [-0.3, -0.25) is 0 Å². The summed E-state index contributed by atoms with van der Waals surface area (Å²) in [5.41, 5.74) is 3.83. The van der Waals surface area contributed by atoms with Crippen molar-refractivity contribution < 1.29 is 0 Å². The van der Waals surface area contributed by atoms with Crippen LogP contribution in [-0.2, 0) is 13.0 Å². The van der Waals surface area contributed by atoms with Gasteiger partial charge in [0.25, 0.3) is 0 Å². The molecule has 3 aromatic rings. The summed E-state index contributed by atoms with van der Waals surface area (Å²) in [6, 6.07) is 12.9. The monoisotopic (exact) mass is 267 g/mol. The fourth-order valence-electron chi connectivity index (χ4n) is 2.56. The molecule has 0 saturated carbocycles. The van der Waals surface area contributed by atoms with Crippen molar-refractivity contribution in [2.24, 2.45) is 0 Å². The number of thiazole rings is 1. The highest BCUT2D eigenvalue weighted by Crippen LogP contribution is 2.30. The molecule has 1 atom stereocenters. The number of hydrogen-bond acceptors (Lipinski definition) is 4. The lowest BCUT2D eigenvalue weighted by Gasteiger charge is -2.24. The zero-order valence-electron chi connectivity index (χ0n) is 10.3. The molecule has 1 aliphatic rings. The number of pyridine rings is 1. The number of nitrogens with zero attached hydrogens (tertiary/aromatic N) is 2. The van der Waals surface area contributed by atoms with Crippen LogP contribution in [0.5, 0.6) is 0 Å². The van der Waals surface area contributed by atoms with E-state index in [-0.39, 0.29) is 0 Å². The lowest BCUT2D eigenvalue weighted by atomic mass is 9.96. The molecule has 0 aliphatic carbocycles. The summed E-state index contributed by atoms with van der Waals surface area (Å²) in [5.74, 6) is 0. The zero-order valence-corrected chi connectivity index (χ0v) is 11.2. The average molecular weight is 267 g/mol. The molecule has 1 unspecified atom stereocenters. The third-order valence-corrected chi connectivity index (χ3v) is 4.66. The van der Waals surface area contributed by atoms with Crippen molar-refractivity contribution in [2.45, 2.75) is 19.0 Å². The van der Waals surface area contributed by atoms with E-state index in [1.165, 1.54) is 11.1 Å². The Labute approximate surface area is 115 Å². The van der Waals surface area contributed by atoms with Crippen LogP contribution in [0.15, 0.2) is 42.6 Å². The molecule has 1 N–H and O–H groups in total. The second-order valence-electron chi connectivity index (χ2n) is 4.79. The van der Waals surface area contributed by atoms with Crippen LogP contribution in [0.25, 0.3) is 10.3 Å². The Morgan fingerprint density at radius 1 is 1.11 bits per heavy atom. The van der Waals surface area contributed by atoms with Crippen LogP contribution in [0.4, 0.5) is 0 Å². The van der Waals surface area contributed by atoms with Crippen molar-refractivity contribution in [2.75, 3.05) is 0 Å². The van der Waals surface area contributed by atoms with Gasteiger partial charge in [-0.1, -0.05) is 35.6 Å². The Bertz CT molecular complexity index is 702. The minimum atomic E-state index is 0.314. The number of nitrogens with one attached hydrogen (secondary N) is 1. The van der Waals surface area contributed by atoms with E-state index < -0.39 is 0 Å². The molecule has 2 aromatic heterocycles. The first-order valence-corrected chi connectivity index (χ1v) is 7.23. The average Bonchev–Trinajstić information content (AvgIpc) is 2.90. The van der Waals surface area contributed by atoms with Crippen LogP contribution in [0.1, 0.15) is 22.2 Å². The molecule has 0 spiro atoms. The van der Waals surface area contributed by atoms with E-state index in [0.29, 0.717) is 6.04 Å². The standard InChI is InChI=1S/C15H13N3S/c1-2-5-11-9-17-13(8-10(11)4-1)15-18-12-6-3-7-16-14(12)19-15/h1-7,13,17H,8-9H2. The maximum absolute atomic E-state index is 4.70. The summed E-state index contributed by atoms with van der Waals surface area (Å²) >= 11 is 1.69. The quantitative estimate of drug-likeness (QED) is 0.736. The molecule has 0 radical (unpaired) electrons. The molecule has 94 valence electrons. The molecule has 4 rings (SSSR count). The molecule has 0 bridgehead atoms. The highest BCUT2D eigenvalue weighted by atomic mass is 32.1. The van der Waals surface area contributed by atoms with Crippen molar-refractivity contribution >= 4 is 21.7 Å². The van der Waals surface area contributed by atoms with Crippen LogP contribution in [-0.4, -0.2) is 9.97 Å². The highest BCUT2D eigenvalue weighted by molar-refractivity contribution is 7.18. The second-order valence-corrected chi connectivity index (χ2v) is 5.80. The summed E-state index contributed by atoms with van der Waals surface area (Å²) in [6.07, 6.45) is 2.84. The summed E-state index contributed by atoms with van der Waals surface area (Å²) in [5, 5.41) is 4.71. The number of rotatable bonds is 1. The van der Waals surface area contributed by atoms with E-state index in [2.05, 4.69) is 34.6 Å². The van der Waals surface area contributed by atoms with Gasteiger partial charge in [0, 0.05) is 12.7 Å². The Kier molecular flexibility index (Phi) is 2.57. The predicted molar refractivity (Wildman–Crippen MR) is 77.1 cm³/mol. The first-order valence-electron chi connectivity index (χ1n) is 6.42. The van der Waals surface area contributed by atoms with E-state index >= 15 is 0 Å². The number of benzene rings is 1. The Morgan fingerprint density at radius 2 is 2.00 bits per heavy atom. The normalized spacial score (nSPS) is 18.4. The van der Waals surface area contributed by atoms with E-state index in [1.807, 2.05) is 18.3 Å². The Balaban J connectivity index is 1.70. The maximum atomic E-state index is 4.70.